The number of rotatable bonds is 4. The Balaban J connectivity index is 0.00000196. The molecule has 0 spiro atoms. The lowest BCUT2D eigenvalue weighted by Gasteiger charge is -2.24. The summed E-state index contributed by atoms with van der Waals surface area (Å²) in [7, 11) is -3.25. The smallest absolute Gasteiger partial charge is 0.282 e. The number of halogens is 1. The molecule has 1 saturated heterocycles. The fourth-order valence-corrected chi connectivity index (χ4v) is 3.37. The van der Waals surface area contributed by atoms with Gasteiger partial charge in [0.1, 0.15) is 0 Å². The summed E-state index contributed by atoms with van der Waals surface area (Å²) in [5, 5.41) is 0. The van der Waals surface area contributed by atoms with Crippen LogP contribution in [-0.2, 0) is 10.2 Å². The van der Waals surface area contributed by atoms with Gasteiger partial charge in [-0.05, 0) is 6.42 Å². The first-order chi connectivity index (χ1) is 6.52. The maximum absolute atomic E-state index is 11.9. The van der Waals surface area contributed by atoms with Crippen molar-refractivity contribution in [2.24, 2.45) is 5.73 Å². The SMILES string of the molecule is CCN(CC)S(=O)(=O)N1CC[C@@H](N)C1.Cl. The van der Waals surface area contributed by atoms with Crippen molar-refractivity contribution in [3.8, 4) is 0 Å². The predicted octanol–water partition coefficient (Wildman–Crippen LogP) is 0.0278. The third-order valence-electron chi connectivity index (χ3n) is 2.55. The van der Waals surface area contributed by atoms with E-state index in [-0.39, 0.29) is 18.4 Å². The summed E-state index contributed by atoms with van der Waals surface area (Å²) in [4.78, 5) is 0. The van der Waals surface area contributed by atoms with E-state index in [9.17, 15) is 8.42 Å². The zero-order valence-electron chi connectivity index (χ0n) is 9.22. The molecule has 7 heteroatoms. The van der Waals surface area contributed by atoms with Crippen LogP contribution in [0.5, 0.6) is 0 Å². The van der Waals surface area contributed by atoms with Crippen molar-refractivity contribution in [1.82, 2.24) is 8.61 Å². The van der Waals surface area contributed by atoms with Gasteiger partial charge < -0.3 is 5.73 Å². The van der Waals surface area contributed by atoms with E-state index in [1.807, 2.05) is 13.8 Å². The minimum absolute atomic E-state index is 0. The zero-order valence-corrected chi connectivity index (χ0v) is 10.9. The monoisotopic (exact) mass is 257 g/mol. The summed E-state index contributed by atoms with van der Waals surface area (Å²) in [6.45, 7) is 5.74. The Kier molecular flexibility index (Phi) is 6.05. The Morgan fingerprint density at radius 1 is 1.40 bits per heavy atom. The van der Waals surface area contributed by atoms with E-state index in [1.54, 1.807) is 0 Å². The van der Waals surface area contributed by atoms with Crippen molar-refractivity contribution in [2.45, 2.75) is 26.3 Å². The Labute approximate surface area is 98.2 Å². The standard InChI is InChI=1S/C8H19N3O2S.ClH/c1-3-10(4-2)14(12,13)11-6-5-8(9)7-11;/h8H,3-7,9H2,1-2H3;1H/t8-;/m1./s1. The van der Waals surface area contributed by atoms with E-state index < -0.39 is 10.2 Å². The van der Waals surface area contributed by atoms with Crippen molar-refractivity contribution >= 4 is 22.6 Å². The summed E-state index contributed by atoms with van der Waals surface area (Å²) in [6, 6.07) is 0.000312. The summed E-state index contributed by atoms with van der Waals surface area (Å²) in [5.74, 6) is 0. The number of nitrogens with two attached hydrogens (primary N) is 1. The molecule has 0 aliphatic carbocycles. The van der Waals surface area contributed by atoms with Gasteiger partial charge in [0, 0.05) is 32.2 Å². The largest absolute Gasteiger partial charge is 0.326 e. The van der Waals surface area contributed by atoms with Crippen LogP contribution in [0.1, 0.15) is 20.3 Å². The van der Waals surface area contributed by atoms with E-state index >= 15 is 0 Å². The highest BCUT2D eigenvalue weighted by atomic mass is 35.5. The van der Waals surface area contributed by atoms with Gasteiger partial charge in [-0.2, -0.15) is 17.0 Å². The van der Waals surface area contributed by atoms with Crippen LogP contribution in [0, 0.1) is 0 Å². The maximum Gasteiger partial charge on any atom is 0.282 e. The number of hydrogen-bond acceptors (Lipinski definition) is 3. The third kappa shape index (κ3) is 3.29. The second-order valence-corrected chi connectivity index (χ2v) is 5.43. The van der Waals surface area contributed by atoms with Crippen LogP contribution in [0.3, 0.4) is 0 Å². The molecule has 0 aromatic heterocycles. The van der Waals surface area contributed by atoms with E-state index in [4.69, 9.17) is 5.73 Å². The van der Waals surface area contributed by atoms with E-state index in [2.05, 4.69) is 0 Å². The lowest BCUT2D eigenvalue weighted by atomic mass is 10.3. The minimum atomic E-state index is -3.25. The summed E-state index contributed by atoms with van der Waals surface area (Å²) < 4.78 is 26.8. The maximum atomic E-state index is 11.9. The molecule has 0 saturated carbocycles. The molecule has 0 bridgehead atoms. The second-order valence-electron chi connectivity index (χ2n) is 3.50. The van der Waals surface area contributed by atoms with Gasteiger partial charge in [0.25, 0.3) is 10.2 Å². The fourth-order valence-electron chi connectivity index (χ4n) is 1.68. The van der Waals surface area contributed by atoms with Gasteiger partial charge in [0.05, 0.1) is 0 Å². The summed E-state index contributed by atoms with van der Waals surface area (Å²) in [6.07, 6.45) is 0.764. The van der Waals surface area contributed by atoms with Crippen LogP contribution in [0.4, 0.5) is 0 Å². The average molecular weight is 258 g/mol. The van der Waals surface area contributed by atoms with Crippen molar-refractivity contribution in [2.75, 3.05) is 26.2 Å². The molecular weight excluding hydrogens is 238 g/mol. The average Bonchev–Trinajstić information content (AvgIpc) is 2.54. The molecule has 0 radical (unpaired) electrons. The molecule has 5 nitrogen and oxygen atoms in total. The first kappa shape index (κ1) is 15.1. The molecule has 0 aromatic carbocycles. The van der Waals surface area contributed by atoms with Gasteiger partial charge in [0.2, 0.25) is 0 Å². The van der Waals surface area contributed by atoms with E-state index in [1.165, 1.54) is 8.61 Å². The lowest BCUT2D eigenvalue weighted by Crippen LogP contribution is -2.43. The van der Waals surface area contributed by atoms with Crippen molar-refractivity contribution in [3.63, 3.8) is 0 Å². The molecule has 15 heavy (non-hydrogen) atoms. The molecule has 0 amide bonds. The Hall–Kier alpha value is 0.120. The van der Waals surface area contributed by atoms with Gasteiger partial charge in [-0.25, -0.2) is 0 Å². The van der Waals surface area contributed by atoms with E-state index in [0.29, 0.717) is 26.2 Å². The highest BCUT2D eigenvalue weighted by Crippen LogP contribution is 2.15. The molecule has 1 atom stereocenters. The number of hydrogen-bond donors (Lipinski definition) is 1. The molecule has 92 valence electrons. The van der Waals surface area contributed by atoms with Crippen molar-refractivity contribution in [3.05, 3.63) is 0 Å². The highest BCUT2D eigenvalue weighted by molar-refractivity contribution is 7.86. The first-order valence-electron chi connectivity index (χ1n) is 5.03. The summed E-state index contributed by atoms with van der Waals surface area (Å²) in [5.41, 5.74) is 5.68. The topological polar surface area (TPSA) is 66.6 Å². The quantitative estimate of drug-likeness (QED) is 0.773. The summed E-state index contributed by atoms with van der Waals surface area (Å²) >= 11 is 0. The Bertz CT molecular complexity index is 280. The fraction of sp³-hybridized carbons (Fsp3) is 1.00. The Morgan fingerprint density at radius 2 is 1.93 bits per heavy atom. The molecular formula is C8H20ClN3O2S. The highest BCUT2D eigenvalue weighted by Gasteiger charge is 2.32. The lowest BCUT2D eigenvalue weighted by molar-refractivity contribution is 0.378. The molecule has 1 fully saturated rings. The zero-order chi connectivity index (χ0) is 10.8. The molecule has 0 unspecified atom stereocenters. The van der Waals surface area contributed by atoms with E-state index in [0.717, 1.165) is 6.42 Å². The van der Waals surface area contributed by atoms with Crippen LogP contribution >= 0.6 is 12.4 Å². The third-order valence-corrected chi connectivity index (χ3v) is 4.70. The Morgan fingerprint density at radius 3 is 2.27 bits per heavy atom. The van der Waals surface area contributed by atoms with Gasteiger partial charge in [-0.3, -0.25) is 0 Å². The minimum Gasteiger partial charge on any atom is -0.326 e. The van der Waals surface area contributed by atoms with Crippen LogP contribution < -0.4 is 5.73 Å². The number of nitrogens with zero attached hydrogens (tertiary/aromatic N) is 2. The predicted molar refractivity (Wildman–Crippen MR) is 63.3 cm³/mol. The van der Waals surface area contributed by atoms with Crippen LogP contribution in [0.25, 0.3) is 0 Å². The first-order valence-corrected chi connectivity index (χ1v) is 6.42. The molecule has 2 N–H and O–H groups in total. The van der Waals surface area contributed by atoms with Crippen LogP contribution in [-0.4, -0.2) is 49.2 Å². The van der Waals surface area contributed by atoms with Crippen molar-refractivity contribution < 1.29 is 8.42 Å². The molecule has 1 aliphatic heterocycles. The van der Waals surface area contributed by atoms with Gasteiger partial charge in [-0.15, -0.1) is 12.4 Å². The van der Waals surface area contributed by atoms with Gasteiger partial charge >= 0.3 is 0 Å². The van der Waals surface area contributed by atoms with Gasteiger partial charge in [-0.1, -0.05) is 13.8 Å². The van der Waals surface area contributed by atoms with Crippen LogP contribution in [0.15, 0.2) is 0 Å². The second kappa shape index (κ2) is 6.00. The van der Waals surface area contributed by atoms with Gasteiger partial charge in [0.15, 0.2) is 0 Å². The van der Waals surface area contributed by atoms with Crippen molar-refractivity contribution in [1.29, 1.82) is 0 Å². The molecule has 1 aliphatic rings. The normalized spacial score (nSPS) is 23.1. The van der Waals surface area contributed by atoms with Crippen LogP contribution in [0.2, 0.25) is 0 Å². The molecule has 1 rings (SSSR count). The molecule has 1 heterocycles. The molecule has 0 aromatic rings.